The third-order valence-corrected chi connectivity index (χ3v) is 8.94. The lowest BCUT2D eigenvalue weighted by Gasteiger charge is -2.35. The number of carbonyl (C=O) groups is 2. The van der Waals surface area contributed by atoms with E-state index in [-0.39, 0.29) is 24.9 Å². The lowest BCUT2D eigenvalue weighted by Crippen LogP contribution is -2.55. The summed E-state index contributed by atoms with van der Waals surface area (Å²) >= 11 is 0. The third-order valence-electron chi connectivity index (χ3n) is 7.81. The first kappa shape index (κ1) is 31.2. The molecule has 9 heteroatoms. The van der Waals surface area contributed by atoms with Crippen LogP contribution in [0.5, 0.6) is 0 Å². The summed E-state index contributed by atoms with van der Waals surface area (Å²) in [6.45, 7) is 1.47. The Labute approximate surface area is 248 Å². The Kier molecular flexibility index (Phi) is 10.7. The van der Waals surface area contributed by atoms with Gasteiger partial charge in [-0.05, 0) is 54.2 Å². The molecule has 0 saturated heterocycles. The molecular formula is C33H40FN3O4S. The van der Waals surface area contributed by atoms with Crippen LogP contribution in [0.4, 0.5) is 10.1 Å². The summed E-state index contributed by atoms with van der Waals surface area (Å²) in [6, 6.07) is 21.4. The first-order valence-electron chi connectivity index (χ1n) is 14.6. The van der Waals surface area contributed by atoms with Crippen LogP contribution in [0.2, 0.25) is 0 Å². The maximum absolute atomic E-state index is 14.2. The molecule has 0 radical (unpaired) electrons. The van der Waals surface area contributed by atoms with E-state index in [9.17, 15) is 22.4 Å². The molecule has 0 bridgehead atoms. The molecule has 1 atom stereocenters. The molecule has 1 N–H and O–H groups in total. The predicted octanol–water partition coefficient (Wildman–Crippen LogP) is 5.24. The topological polar surface area (TPSA) is 86.8 Å². The van der Waals surface area contributed by atoms with Crippen molar-refractivity contribution in [3.8, 4) is 0 Å². The van der Waals surface area contributed by atoms with E-state index in [1.54, 1.807) is 24.3 Å². The molecule has 0 aliphatic heterocycles. The number of amides is 2. The van der Waals surface area contributed by atoms with Gasteiger partial charge in [-0.3, -0.25) is 13.9 Å². The quantitative estimate of drug-likeness (QED) is 0.311. The highest BCUT2D eigenvalue weighted by atomic mass is 32.2. The minimum absolute atomic E-state index is 0.0156. The number of aryl methyl sites for hydroxylation is 1. The van der Waals surface area contributed by atoms with Crippen molar-refractivity contribution in [3.63, 3.8) is 0 Å². The third kappa shape index (κ3) is 8.41. The molecule has 224 valence electrons. The first-order chi connectivity index (χ1) is 20.2. The fourth-order valence-electron chi connectivity index (χ4n) is 5.53. The van der Waals surface area contributed by atoms with Gasteiger partial charge >= 0.3 is 0 Å². The Morgan fingerprint density at radius 2 is 1.55 bits per heavy atom. The zero-order chi connectivity index (χ0) is 30.1. The smallest absolute Gasteiger partial charge is 0.244 e. The number of sulfonamides is 1. The molecule has 3 aromatic carbocycles. The van der Waals surface area contributed by atoms with Crippen molar-refractivity contribution in [3.05, 3.63) is 101 Å². The lowest BCUT2D eigenvalue weighted by molar-refractivity contribution is -0.140. The van der Waals surface area contributed by atoms with Crippen LogP contribution in [0.3, 0.4) is 0 Å². The summed E-state index contributed by atoms with van der Waals surface area (Å²) in [5, 5.41) is 3.18. The number of para-hydroxylation sites is 1. The summed E-state index contributed by atoms with van der Waals surface area (Å²) in [6.07, 6.45) is 6.87. The van der Waals surface area contributed by atoms with Crippen molar-refractivity contribution in [2.45, 2.75) is 70.5 Å². The van der Waals surface area contributed by atoms with E-state index in [1.807, 2.05) is 49.4 Å². The van der Waals surface area contributed by atoms with Gasteiger partial charge < -0.3 is 10.2 Å². The molecule has 1 fully saturated rings. The lowest BCUT2D eigenvalue weighted by atomic mass is 9.94. The van der Waals surface area contributed by atoms with E-state index in [1.165, 1.54) is 17.0 Å². The van der Waals surface area contributed by atoms with Gasteiger partial charge in [0.25, 0.3) is 0 Å². The van der Waals surface area contributed by atoms with Crippen molar-refractivity contribution in [2.75, 3.05) is 17.1 Å². The molecule has 4 rings (SSSR count). The van der Waals surface area contributed by atoms with E-state index >= 15 is 0 Å². The maximum atomic E-state index is 14.2. The predicted molar refractivity (Wildman–Crippen MR) is 164 cm³/mol. The van der Waals surface area contributed by atoms with Crippen LogP contribution in [0.15, 0.2) is 78.9 Å². The van der Waals surface area contributed by atoms with Gasteiger partial charge in [0.15, 0.2) is 0 Å². The zero-order valence-corrected chi connectivity index (χ0v) is 25.2. The second kappa shape index (κ2) is 14.4. The van der Waals surface area contributed by atoms with Crippen LogP contribution in [0.1, 0.15) is 55.7 Å². The molecule has 2 amide bonds. The zero-order valence-electron chi connectivity index (χ0n) is 24.3. The molecule has 0 unspecified atom stereocenters. The minimum atomic E-state index is -3.85. The van der Waals surface area contributed by atoms with Crippen LogP contribution in [-0.4, -0.2) is 50.0 Å². The van der Waals surface area contributed by atoms with Gasteiger partial charge in [-0.2, -0.15) is 0 Å². The van der Waals surface area contributed by atoms with E-state index in [4.69, 9.17) is 0 Å². The SMILES string of the molecule is CCc1ccccc1N(CC(=O)N(Cc1ccc(F)cc1)[C@H](Cc1ccccc1)C(=O)NC1CCCCC1)S(C)(=O)=O. The van der Waals surface area contributed by atoms with Crippen molar-refractivity contribution >= 4 is 27.5 Å². The average molecular weight is 594 g/mol. The first-order valence-corrected chi connectivity index (χ1v) is 16.4. The Morgan fingerprint density at radius 3 is 2.19 bits per heavy atom. The van der Waals surface area contributed by atoms with Gasteiger partial charge in [0.2, 0.25) is 21.8 Å². The molecule has 0 heterocycles. The maximum Gasteiger partial charge on any atom is 0.244 e. The number of anilines is 1. The van der Waals surface area contributed by atoms with Crippen LogP contribution >= 0.6 is 0 Å². The van der Waals surface area contributed by atoms with Crippen molar-refractivity contribution in [1.29, 1.82) is 0 Å². The van der Waals surface area contributed by atoms with Gasteiger partial charge in [0.05, 0.1) is 11.9 Å². The standard InChI is InChI=1S/C33H40FN3O4S/c1-3-27-14-10-11-17-30(27)37(42(2,40)41)24-32(38)36(23-26-18-20-28(34)21-19-26)31(22-25-12-6-4-7-13-25)33(39)35-29-15-8-5-9-16-29/h4,6-7,10-14,17-21,29,31H,3,5,8-9,15-16,22-24H2,1-2H3,(H,35,39)/t31-/m1/s1. The normalized spacial score (nSPS) is 14.6. The number of nitrogens with one attached hydrogen (secondary N) is 1. The van der Waals surface area contributed by atoms with Gasteiger partial charge in [0, 0.05) is 19.0 Å². The second-order valence-electron chi connectivity index (χ2n) is 10.9. The number of rotatable bonds is 12. The van der Waals surface area contributed by atoms with Crippen LogP contribution in [-0.2, 0) is 39.0 Å². The molecular weight excluding hydrogens is 553 g/mol. The monoisotopic (exact) mass is 593 g/mol. The van der Waals surface area contributed by atoms with Gasteiger partial charge in [-0.25, -0.2) is 12.8 Å². The molecule has 0 spiro atoms. The number of carbonyl (C=O) groups excluding carboxylic acids is 2. The molecule has 1 saturated carbocycles. The number of benzene rings is 3. The average Bonchev–Trinajstić information content (AvgIpc) is 2.99. The van der Waals surface area contributed by atoms with Crippen LogP contribution in [0, 0.1) is 5.82 Å². The Bertz CT molecular complexity index is 1440. The molecule has 7 nitrogen and oxygen atoms in total. The van der Waals surface area contributed by atoms with Gasteiger partial charge in [-0.1, -0.05) is 86.8 Å². The van der Waals surface area contributed by atoms with Crippen molar-refractivity contribution in [1.82, 2.24) is 10.2 Å². The van der Waals surface area contributed by atoms with E-state index in [0.717, 1.165) is 53.8 Å². The molecule has 3 aromatic rings. The van der Waals surface area contributed by atoms with E-state index in [2.05, 4.69) is 5.32 Å². The fourth-order valence-corrected chi connectivity index (χ4v) is 6.41. The van der Waals surface area contributed by atoms with Crippen LogP contribution in [0.25, 0.3) is 0 Å². The largest absolute Gasteiger partial charge is 0.352 e. The second-order valence-corrected chi connectivity index (χ2v) is 12.9. The number of halogens is 1. The Hall–Kier alpha value is -3.72. The van der Waals surface area contributed by atoms with Crippen molar-refractivity contribution in [2.24, 2.45) is 0 Å². The van der Waals surface area contributed by atoms with Crippen molar-refractivity contribution < 1.29 is 22.4 Å². The summed E-state index contributed by atoms with van der Waals surface area (Å²) in [5.74, 6) is -1.21. The highest BCUT2D eigenvalue weighted by Crippen LogP contribution is 2.25. The molecule has 1 aliphatic rings. The number of hydrogen-bond donors (Lipinski definition) is 1. The fraction of sp³-hybridized carbons (Fsp3) is 0.394. The minimum Gasteiger partial charge on any atom is -0.352 e. The van der Waals surface area contributed by atoms with Gasteiger partial charge in [-0.15, -0.1) is 0 Å². The molecule has 42 heavy (non-hydrogen) atoms. The summed E-state index contributed by atoms with van der Waals surface area (Å²) in [7, 11) is -3.85. The summed E-state index contributed by atoms with van der Waals surface area (Å²) in [4.78, 5) is 29.7. The highest BCUT2D eigenvalue weighted by Gasteiger charge is 2.34. The molecule has 0 aromatic heterocycles. The van der Waals surface area contributed by atoms with E-state index in [0.29, 0.717) is 17.7 Å². The highest BCUT2D eigenvalue weighted by molar-refractivity contribution is 7.92. The molecule has 1 aliphatic carbocycles. The number of hydrogen-bond acceptors (Lipinski definition) is 4. The summed E-state index contributed by atoms with van der Waals surface area (Å²) in [5.41, 5.74) is 2.73. The van der Waals surface area contributed by atoms with E-state index < -0.39 is 34.3 Å². The number of nitrogens with zero attached hydrogens (tertiary/aromatic N) is 2. The Balaban J connectivity index is 1.73. The van der Waals surface area contributed by atoms with Crippen LogP contribution < -0.4 is 9.62 Å². The Morgan fingerprint density at radius 1 is 0.905 bits per heavy atom. The van der Waals surface area contributed by atoms with Gasteiger partial charge in [0.1, 0.15) is 18.4 Å². The summed E-state index contributed by atoms with van der Waals surface area (Å²) < 4.78 is 41.0.